The Labute approximate surface area is 166 Å². The van der Waals surface area contributed by atoms with Gasteiger partial charge in [-0.05, 0) is 55.8 Å². The Hall–Kier alpha value is -1.69. The smallest absolute Gasteiger partial charge is 0.258 e. The number of amides is 1. The second-order valence-electron chi connectivity index (χ2n) is 9.36. The van der Waals surface area contributed by atoms with E-state index in [9.17, 15) is 4.79 Å². The molecule has 5 aliphatic rings. The minimum Gasteiger partial charge on any atom is -0.378 e. The predicted molar refractivity (Wildman–Crippen MR) is 106 cm³/mol. The maximum Gasteiger partial charge on any atom is 0.258 e. The third-order valence-electron chi connectivity index (χ3n) is 8.63. The molecule has 0 radical (unpaired) electrons. The van der Waals surface area contributed by atoms with Gasteiger partial charge in [0.15, 0.2) is 0 Å². The van der Waals surface area contributed by atoms with Crippen LogP contribution in [0.4, 0.5) is 5.69 Å². The zero-order chi connectivity index (χ0) is 19.2. The molecular formula is C23H28N2O3. The zero-order valence-electron chi connectivity index (χ0n) is 16.6. The van der Waals surface area contributed by atoms with Gasteiger partial charge in [0.2, 0.25) is 0 Å². The van der Waals surface area contributed by atoms with Gasteiger partial charge in [0, 0.05) is 17.4 Å². The summed E-state index contributed by atoms with van der Waals surface area (Å²) in [4.78, 5) is 21.5. The highest BCUT2D eigenvalue weighted by atomic mass is 16.7. The molecule has 2 aliphatic carbocycles. The normalized spacial score (nSPS) is 46.1. The van der Waals surface area contributed by atoms with Crippen molar-refractivity contribution >= 4 is 11.6 Å². The van der Waals surface area contributed by atoms with Crippen molar-refractivity contribution in [2.24, 2.45) is 29.1 Å². The maximum absolute atomic E-state index is 13.5. The van der Waals surface area contributed by atoms with Crippen LogP contribution in [0.1, 0.15) is 24.3 Å². The molecule has 2 saturated heterocycles. The van der Waals surface area contributed by atoms with E-state index in [1.165, 1.54) is 5.06 Å². The van der Waals surface area contributed by atoms with Crippen LogP contribution in [0, 0.1) is 29.1 Å². The van der Waals surface area contributed by atoms with Crippen molar-refractivity contribution in [2.45, 2.75) is 30.9 Å². The van der Waals surface area contributed by atoms with E-state index in [-0.39, 0.29) is 23.8 Å². The van der Waals surface area contributed by atoms with Crippen molar-refractivity contribution in [3.63, 3.8) is 0 Å². The lowest BCUT2D eigenvalue weighted by atomic mass is 9.60. The highest BCUT2D eigenvalue weighted by Gasteiger charge is 2.76. The molecule has 1 aromatic carbocycles. The summed E-state index contributed by atoms with van der Waals surface area (Å²) in [5.41, 5.74) is 2.32. The van der Waals surface area contributed by atoms with E-state index in [0.717, 1.165) is 37.2 Å². The highest BCUT2D eigenvalue weighted by Crippen LogP contribution is 2.74. The maximum atomic E-state index is 13.5. The molecule has 28 heavy (non-hydrogen) atoms. The highest BCUT2D eigenvalue weighted by molar-refractivity contribution is 6.03. The van der Waals surface area contributed by atoms with Crippen molar-refractivity contribution in [3.05, 3.63) is 42.5 Å². The number of ether oxygens (including phenoxy) is 1. The first kappa shape index (κ1) is 17.2. The largest absolute Gasteiger partial charge is 0.378 e. The second kappa shape index (κ2) is 5.68. The van der Waals surface area contributed by atoms with Crippen LogP contribution in [0.5, 0.6) is 0 Å². The van der Waals surface area contributed by atoms with Gasteiger partial charge in [0.1, 0.15) is 0 Å². The van der Waals surface area contributed by atoms with E-state index in [1.807, 2.05) is 18.2 Å². The van der Waals surface area contributed by atoms with E-state index in [2.05, 4.69) is 30.7 Å². The summed E-state index contributed by atoms with van der Waals surface area (Å²) in [6.45, 7) is 6.05. The Morgan fingerprint density at radius 2 is 2.18 bits per heavy atom. The van der Waals surface area contributed by atoms with Crippen LogP contribution >= 0.6 is 0 Å². The SMILES string of the molecule is C=CC1C2COC3CC12C1C(CCN1C)C3C1C(=O)N(OC)c2ccccc21. The summed E-state index contributed by atoms with van der Waals surface area (Å²) in [5, 5.41) is 1.49. The number of rotatable bonds is 3. The molecule has 6 rings (SSSR count). The average Bonchev–Trinajstić information content (AvgIpc) is 3.00. The van der Waals surface area contributed by atoms with Crippen LogP contribution in [-0.4, -0.2) is 50.3 Å². The van der Waals surface area contributed by atoms with E-state index >= 15 is 0 Å². The number of benzene rings is 1. The molecule has 8 atom stereocenters. The predicted octanol–water partition coefficient (Wildman–Crippen LogP) is 2.84. The summed E-state index contributed by atoms with van der Waals surface area (Å²) in [6, 6.07) is 8.63. The van der Waals surface area contributed by atoms with Crippen LogP contribution in [0.25, 0.3) is 0 Å². The van der Waals surface area contributed by atoms with E-state index in [0.29, 0.717) is 29.2 Å². The van der Waals surface area contributed by atoms with Crippen LogP contribution in [0.2, 0.25) is 0 Å². The quantitative estimate of drug-likeness (QED) is 0.757. The first-order valence-electron chi connectivity index (χ1n) is 10.5. The minimum atomic E-state index is -0.171. The monoisotopic (exact) mass is 380 g/mol. The molecule has 8 unspecified atom stereocenters. The van der Waals surface area contributed by atoms with E-state index in [1.54, 1.807) is 7.11 Å². The standard InChI is InChI=1S/C23H28N2O3/c1-4-15-16-12-28-18-11-23(15,16)21-14(9-10-24(21)2)19(18)20-13-7-5-6-8-17(13)25(27-3)22(20)26/h4-8,14-16,18-21H,1,9-12H2,2-3H3. The molecule has 5 nitrogen and oxygen atoms in total. The van der Waals surface area contributed by atoms with Gasteiger partial charge in [-0.25, -0.2) is 0 Å². The molecule has 0 aromatic heterocycles. The third kappa shape index (κ3) is 1.86. The number of carbonyl (C=O) groups excluding carboxylic acids is 1. The third-order valence-corrected chi connectivity index (χ3v) is 8.63. The molecule has 0 N–H and O–H groups in total. The van der Waals surface area contributed by atoms with Crippen LogP contribution in [-0.2, 0) is 14.4 Å². The summed E-state index contributed by atoms with van der Waals surface area (Å²) < 4.78 is 6.45. The number of hydrogen-bond donors (Lipinski definition) is 0. The lowest BCUT2D eigenvalue weighted by Crippen LogP contribution is -2.56. The van der Waals surface area contributed by atoms with Crippen molar-refractivity contribution < 1.29 is 14.4 Å². The average molecular weight is 380 g/mol. The fraction of sp³-hybridized carbons (Fsp3) is 0.609. The molecular weight excluding hydrogens is 352 g/mol. The molecule has 2 saturated carbocycles. The van der Waals surface area contributed by atoms with Gasteiger partial charge in [-0.15, -0.1) is 6.58 Å². The van der Waals surface area contributed by atoms with Gasteiger partial charge < -0.3 is 9.64 Å². The molecule has 1 amide bonds. The van der Waals surface area contributed by atoms with Gasteiger partial charge in [-0.3, -0.25) is 9.63 Å². The summed E-state index contributed by atoms with van der Waals surface area (Å²) in [7, 11) is 3.85. The fourth-order valence-electron chi connectivity index (χ4n) is 7.72. The number of hydroxylamine groups is 1. The lowest BCUT2D eigenvalue weighted by Gasteiger charge is -2.51. The lowest BCUT2D eigenvalue weighted by molar-refractivity contribution is -0.141. The Balaban J connectivity index is 1.45. The summed E-state index contributed by atoms with van der Waals surface area (Å²) in [5.74, 6) is 1.76. The van der Waals surface area contributed by atoms with Crippen molar-refractivity contribution in [1.82, 2.24) is 4.90 Å². The Bertz CT molecular complexity index is 856. The Kier molecular flexibility index (Phi) is 3.49. The number of likely N-dealkylation sites (tertiary alicyclic amines) is 1. The molecule has 1 spiro atoms. The van der Waals surface area contributed by atoms with Crippen molar-refractivity contribution in [2.75, 3.05) is 32.4 Å². The van der Waals surface area contributed by atoms with Gasteiger partial charge in [0.05, 0.1) is 31.4 Å². The molecule has 5 heteroatoms. The van der Waals surface area contributed by atoms with E-state index in [4.69, 9.17) is 9.57 Å². The summed E-state index contributed by atoms with van der Waals surface area (Å²) in [6.07, 6.45) is 4.52. The Morgan fingerprint density at radius 1 is 1.36 bits per heavy atom. The molecule has 3 aliphatic heterocycles. The molecule has 3 heterocycles. The number of fused-ring (bicyclic) bond motifs is 3. The van der Waals surface area contributed by atoms with Gasteiger partial charge in [-0.1, -0.05) is 24.3 Å². The van der Waals surface area contributed by atoms with Crippen molar-refractivity contribution in [3.8, 4) is 0 Å². The van der Waals surface area contributed by atoms with Gasteiger partial charge >= 0.3 is 0 Å². The van der Waals surface area contributed by atoms with Crippen LogP contribution < -0.4 is 5.06 Å². The van der Waals surface area contributed by atoms with Gasteiger partial charge in [0.25, 0.3) is 5.91 Å². The molecule has 148 valence electrons. The number of para-hydroxylation sites is 1. The van der Waals surface area contributed by atoms with Gasteiger partial charge in [-0.2, -0.15) is 5.06 Å². The number of anilines is 1. The number of nitrogens with zero attached hydrogens (tertiary/aromatic N) is 2. The minimum absolute atomic E-state index is 0.0692. The zero-order valence-corrected chi connectivity index (χ0v) is 16.6. The van der Waals surface area contributed by atoms with Crippen molar-refractivity contribution in [1.29, 1.82) is 0 Å². The Morgan fingerprint density at radius 3 is 2.96 bits per heavy atom. The molecule has 4 fully saturated rings. The summed E-state index contributed by atoms with van der Waals surface area (Å²) >= 11 is 0. The molecule has 1 aromatic rings. The topological polar surface area (TPSA) is 42.0 Å². The number of allylic oxidation sites excluding steroid dienone is 1. The fourth-order valence-corrected chi connectivity index (χ4v) is 7.72. The number of hydrogen-bond acceptors (Lipinski definition) is 4. The van der Waals surface area contributed by atoms with E-state index < -0.39 is 0 Å². The van der Waals surface area contributed by atoms with Crippen LogP contribution in [0.3, 0.4) is 0 Å². The van der Waals surface area contributed by atoms with Crippen LogP contribution in [0.15, 0.2) is 36.9 Å². The first-order valence-corrected chi connectivity index (χ1v) is 10.5. The molecule has 2 bridgehead atoms. The first-order chi connectivity index (χ1) is 13.6. The number of carbonyl (C=O) groups is 1. The second-order valence-corrected chi connectivity index (χ2v) is 9.36.